The van der Waals surface area contributed by atoms with E-state index < -0.39 is 0 Å². The van der Waals surface area contributed by atoms with Crippen molar-refractivity contribution in [1.29, 1.82) is 0 Å². The van der Waals surface area contributed by atoms with Gasteiger partial charge >= 0.3 is 0 Å². The van der Waals surface area contributed by atoms with E-state index in [1.54, 1.807) is 6.08 Å². The highest BCUT2D eigenvalue weighted by Gasteiger charge is 2.27. The van der Waals surface area contributed by atoms with E-state index in [1.807, 2.05) is 35.8 Å². The predicted molar refractivity (Wildman–Crippen MR) is 100 cm³/mol. The Bertz CT molecular complexity index is 821. The number of fused-ring (bicyclic) bond motifs is 1. The van der Waals surface area contributed by atoms with E-state index in [9.17, 15) is 9.59 Å². The first-order valence-electron chi connectivity index (χ1n) is 8.92. The van der Waals surface area contributed by atoms with Crippen molar-refractivity contribution < 1.29 is 9.59 Å². The van der Waals surface area contributed by atoms with Crippen molar-refractivity contribution in [1.82, 2.24) is 20.2 Å². The van der Waals surface area contributed by atoms with Crippen LogP contribution in [-0.4, -0.2) is 27.9 Å². The van der Waals surface area contributed by atoms with Crippen molar-refractivity contribution in [3.05, 3.63) is 65.3 Å². The molecule has 0 saturated carbocycles. The SMILES string of the molecule is C=CCNC(=O)c1nc(C(=O)NCc2ccc(C)cc2)n2c1CCCC2. The van der Waals surface area contributed by atoms with Crippen LogP contribution < -0.4 is 10.6 Å². The number of benzene rings is 1. The third-order valence-corrected chi connectivity index (χ3v) is 4.52. The van der Waals surface area contributed by atoms with Gasteiger partial charge in [0.15, 0.2) is 5.82 Å². The second kappa shape index (κ2) is 7.99. The van der Waals surface area contributed by atoms with Gasteiger partial charge in [-0.1, -0.05) is 35.9 Å². The summed E-state index contributed by atoms with van der Waals surface area (Å²) in [6, 6.07) is 8.01. The fourth-order valence-electron chi connectivity index (χ4n) is 3.11. The van der Waals surface area contributed by atoms with Crippen molar-refractivity contribution in [2.45, 2.75) is 39.3 Å². The van der Waals surface area contributed by atoms with Gasteiger partial charge in [-0.25, -0.2) is 4.98 Å². The lowest BCUT2D eigenvalue weighted by molar-refractivity contribution is 0.0935. The van der Waals surface area contributed by atoms with Crippen molar-refractivity contribution in [2.24, 2.45) is 0 Å². The average molecular weight is 352 g/mol. The molecule has 2 aromatic rings. The number of rotatable bonds is 6. The molecule has 6 heteroatoms. The predicted octanol–water partition coefficient (Wildman–Crippen LogP) is 2.37. The lowest BCUT2D eigenvalue weighted by atomic mass is 10.1. The summed E-state index contributed by atoms with van der Waals surface area (Å²) in [5.74, 6) is -0.194. The van der Waals surface area contributed by atoms with Gasteiger partial charge in [-0.15, -0.1) is 6.58 Å². The zero-order valence-corrected chi connectivity index (χ0v) is 15.0. The number of aromatic nitrogens is 2. The first-order chi connectivity index (χ1) is 12.6. The van der Waals surface area contributed by atoms with Crippen LogP contribution in [-0.2, 0) is 19.5 Å². The summed E-state index contributed by atoms with van der Waals surface area (Å²) in [5, 5.41) is 5.66. The van der Waals surface area contributed by atoms with Gasteiger partial charge in [0, 0.05) is 19.6 Å². The van der Waals surface area contributed by atoms with E-state index in [2.05, 4.69) is 22.2 Å². The van der Waals surface area contributed by atoms with Crippen LogP contribution >= 0.6 is 0 Å². The Morgan fingerprint density at radius 2 is 1.96 bits per heavy atom. The topological polar surface area (TPSA) is 76.0 Å². The van der Waals surface area contributed by atoms with Crippen molar-refractivity contribution >= 4 is 11.8 Å². The van der Waals surface area contributed by atoms with Crippen LogP contribution in [0.2, 0.25) is 0 Å². The summed E-state index contributed by atoms with van der Waals surface area (Å²) in [7, 11) is 0. The van der Waals surface area contributed by atoms with E-state index in [0.717, 1.165) is 30.5 Å². The third-order valence-electron chi connectivity index (χ3n) is 4.52. The summed E-state index contributed by atoms with van der Waals surface area (Å²) >= 11 is 0. The minimum Gasteiger partial charge on any atom is -0.347 e. The van der Waals surface area contributed by atoms with Gasteiger partial charge in [0.1, 0.15) is 5.69 Å². The first kappa shape index (κ1) is 17.9. The largest absolute Gasteiger partial charge is 0.347 e. The smallest absolute Gasteiger partial charge is 0.287 e. The van der Waals surface area contributed by atoms with Gasteiger partial charge in [0.25, 0.3) is 11.8 Å². The Hall–Kier alpha value is -2.89. The Kier molecular flexibility index (Phi) is 5.51. The number of carbonyl (C=O) groups is 2. The van der Waals surface area contributed by atoms with Gasteiger partial charge in [0.2, 0.25) is 0 Å². The molecule has 2 N–H and O–H groups in total. The summed E-state index contributed by atoms with van der Waals surface area (Å²) in [5.41, 5.74) is 3.40. The van der Waals surface area contributed by atoms with Crippen LogP contribution in [0.25, 0.3) is 0 Å². The van der Waals surface area contributed by atoms with Crippen LogP contribution in [0.5, 0.6) is 0 Å². The summed E-state index contributed by atoms with van der Waals surface area (Å²) in [6.07, 6.45) is 4.36. The van der Waals surface area contributed by atoms with E-state index in [4.69, 9.17) is 0 Å². The number of nitrogens with one attached hydrogen (secondary N) is 2. The molecular weight excluding hydrogens is 328 g/mol. The zero-order chi connectivity index (χ0) is 18.5. The maximum absolute atomic E-state index is 12.7. The molecule has 6 nitrogen and oxygen atoms in total. The van der Waals surface area contributed by atoms with E-state index in [-0.39, 0.29) is 11.8 Å². The molecule has 1 aromatic carbocycles. The van der Waals surface area contributed by atoms with Gasteiger partial charge in [-0.05, 0) is 31.7 Å². The van der Waals surface area contributed by atoms with Gasteiger partial charge < -0.3 is 15.2 Å². The molecule has 0 aliphatic carbocycles. The van der Waals surface area contributed by atoms with Crippen LogP contribution in [0.4, 0.5) is 0 Å². The molecule has 0 saturated heterocycles. The number of imidazole rings is 1. The standard InChI is InChI=1S/C20H24N4O2/c1-3-11-21-19(25)17-16-6-4-5-12-24(16)18(23-17)20(26)22-13-15-9-7-14(2)8-10-15/h3,7-10H,1,4-6,11-13H2,2H3,(H,21,25)(H,22,26). The van der Waals surface area contributed by atoms with Crippen molar-refractivity contribution in [3.8, 4) is 0 Å². The lowest BCUT2D eigenvalue weighted by Crippen LogP contribution is -2.27. The molecule has 0 atom stereocenters. The van der Waals surface area contributed by atoms with Gasteiger partial charge in [0.05, 0.1) is 5.69 Å². The number of nitrogens with zero attached hydrogens (tertiary/aromatic N) is 2. The van der Waals surface area contributed by atoms with Gasteiger partial charge in [-0.3, -0.25) is 9.59 Å². The van der Waals surface area contributed by atoms with Crippen LogP contribution in [0.15, 0.2) is 36.9 Å². The molecule has 0 radical (unpaired) electrons. The fraction of sp³-hybridized carbons (Fsp3) is 0.350. The van der Waals surface area contributed by atoms with E-state index in [1.165, 1.54) is 5.56 Å². The molecule has 1 aliphatic heterocycles. The van der Waals surface area contributed by atoms with Gasteiger partial charge in [-0.2, -0.15) is 0 Å². The maximum atomic E-state index is 12.7. The van der Waals surface area contributed by atoms with Crippen LogP contribution in [0.3, 0.4) is 0 Å². The molecule has 1 aromatic heterocycles. The molecule has 0 fully saturated rings. The highest BCUT2D eigenvalue weighted by atomic mass is 16.2. The number of hydrogen-bond acceptors (Lipinski definition) is 3. The minimum absolute atomic E-state index is 0.253. The number of carbonyl (C=O) groups excluding carboxylic acids is 2. The molecule has 3 rings (SSSR count). The number of amides is 2. The van der Waals surface area contributed by atoms with Crippen LogP contribution in [0, 0.1) is 6.92 Å². The normalized spacial score (nSPS) is 13.0. The van der Waals surface area contributed by atoms with E-state index in [0.29, 0.717) is 31.2 Å². The Morgan fingerprint density at radius 3 is 2.69 bits per heavy atom. The maximum Gasteiger partial charge on any atom is 0.287 e. The van der Waals surface area contributed by atoms with Crippen molar-refractivity contribution in [2.75, 3.05) is 6.54 Å². The molecule has 0 unspecified atom stereocenters. The second-order valence-corrected chi connectivity index (χ2v) is 6.51. The monoisotopic (exact) mass is 352 g/mol. The average Bonchev–Trinajstić information content (AvgIpc) is 3.05. The van der Waals surface area contributed by atoms with Crippen molar-refractivity contribution in [3.63, 3.8) is 0 Å². The molecule has 136 valence electrons. The number of aryl methyl sites for hydroxylation is 1. The highest BCUT2D eigenvalue weighted by Crippen LogP contribution is 2.21. The van der Waals surface area contributed by atoms with Crippen LogP contribution in [0.1, 0.15) is 50.8 Å². The zero-order valence-electron chi connectivity index (χ0n) is 15.0. The number of hydrogen-bond donors (Lipinski definition) is 2. The molecule has 0 bridgehead atoms. The minimum atomic E-state index is -0.256. The quantitative estimate of drug-likeness (QED) is 0.784. The molecule has 2 heterocycles. The Morgan fingerprint density at radius 1 is 1.19 bits per heavy atom. The summed E-state index contributed by atoms with van der Waals surface area (Å²) in [4.78, 5) is 29.4. The lowest BCUT2D eigenvalue weighted by Gasteiger charge is -2.17. The molecule has 0 spiro atoms. The second-order valence-electron chi connectivity index (χ2n) is 6.51. The molecule has 26 heavy (non-hydrogen) atoms. The first-order valence-corrected chi connectivity index (χ1v) is 8.92. The van der Waals surface area contributed by atoms with E-state index >= 15 is 0 Å². The fourth-order valence-corrected chi connectivity index (χ4v) is 3.11. The summed E-state index contributed by atoms with van der Waals surface area (Å²) < 4.78 is 1.89. The molecule has 1 aliphatic rings. The third kappa shape index (κ3) is 3.85. The molecular formula is C20H24N4O2. The Balaban J connectivity index is 1.78. The Labute approximate surface area is 153 Å². The molecule has 2 amide bonds. The summed E-state index contributed by atoms with van der Waals surface area (Å²) in [6.45, 7) is 7.14. The highest BCUT2D eigenvalue weighted by molar-refractivity contribution is 5.97.